The van der Waals surface area contributed by atoms with Crippen molar-refractivity contribution in [1.29, 1.82) is 0 Å². The maximum Gasteiger partial charge on any atom is 0.166 e. The predicted molar refractivity (Wildman–Crippen MR) is 80.0 cm³/mol. The van der Waals surface area contributed by atoms with Crippen molar-refractivity contribution in [2.75, 3.05) is 24.5 Å². The van der Waals surface area contributed by atoms with Crippen LogP contribution in [-0.4, -0.2) is 30.7 Å². The minimum atomic E-state index is -0.245. The van der Waals surface area contributed by atoms with Gasteiger partial charge in [0.1, 0.15) is 0 Å². The summed E-state index contributed by atoms with van der Waals surface area (Å²) in [6.45, 7) is 7.17. The average Bonchev–Trinajstić information content (AvgIpc) is 2.77. The highest BCUT2D eigenvalue weighted by molar-refractivity contribution is 9.10. The molecular formula is C14H21BrFN3. The summed E-state index contributed by atoms with van der Waals surface area (Å²) in [6, 6.07) is 1.83. The Kier molecular flexibility index (Phi) is 5.16. The Labute approximate surface area is 122 Å². The van der Waals surface area contributed by atoms with E-state index in [0.29, 0.717) is 22.3 Å². The number of aromatic nitrogens is 1. The van der Waals surface area contributed by atoms with Gasteiger partial charge in [-0.1, -0.05) is 13.8 Å². The molecule has 1 aliphatic rings. The van der Waals surface area contributed by atoms with E-state index >= 15 is 0 Å². The first-order chi connectivity index (χ1) is 9.08. The van der Waals surface area contributed by atoms with E-state index in [-0.39, 0.29) is 5.82 Å². The van der Waals surface area contributed by atoms with Gasteiger partial charge in [0, 0.05) is 29.8 Å². The lowest BCUT2D eigenvalue weighted by Gasteiger charge is -2.26. The Hall–Kier alpha value is -0.680. The smallest absolute Gasteiger partial charge is 0.166 e. The van der Waals surface area contributed by atoms with E-state index in [1.807, 2.05) is 0 Å². The van der Waals surface area contributed by atoms with Crippen LogP contribution >= 0.6 is 15.9 Å². The van der Waals surface area contributed by atoms with Gasteiger partial charge in [0.05, 0.1) is 0 Å². The van der Waals surface area contributed by atoms with Gasteiger partial charge in [0.15, 0.2) is 11.6 Å². The van der Waals surface area contributed by atoms with Crippen LogP contribution in [0, 0.1) is 11.7 Å². The predicted octanol–water partition coefficient (Wildman–Crippen LogP) is 3.20. The second-order valence-electron chi connectivity index (χ2n) is 5.50. The van der Waals surface area contributed by atoms with Crippen molar-refractivity contribution in [2.24, 2.45) is 5.92 Å². The first-order valence-electron chi connectivity index (χ1n) is 6.86. The SMILES string of the molecule is CC(C)CNCC1CCCN1c1ncc(Br)cc1F. The molecule has 1 aliphatic heterocycles. The highest BCUT2D eigenvalue weighted by atomic mass is 79.9. The lowest BCUT2D eigenvalue weighted by molar-refractivity contribution is 0.506. The number of nitrogens with one attached hydrogen (secondary N) is 1. The van der Waals surface area contributed by atoms with Crippen molar-refractivity contribution >= 4 is 21.7 Å². The maximum atomic E-state index is 14.0. The molecule has 1 saturated heterocycles. The number of halogens is 2. The zero-order valence-corrected chi connectivity index (χ0v) is 13.1. The summed E-state index contributed by atoms with van der Waals surface area (Å²) in [5.41, 5.74) is 0. The van der Waals surface area contributed by atoms with Crippen LogP contribution in [0.1, 0.15) is 26.7 Å². The Morgan fingerprint density at radius 1 is 1.58 bits per heavy atom. The van der Waals surface area contributed by atoms with Gasteiger partial charge < -0.3 is 10.2 Å². The molecule has 0 bridgehead atoms. The highest BCUT2D eigenvalue weighted by Crippen LogP contribution is 2.27. The number of anilines is 1. The standard InChI is InChI=1S/C14H21BrFN3/c1-10(2)7-17-9-12-4-3-5-19(12)14-13(16)6-11(15)8-18-14/h6,8,10,12,17H,3-5,7,9H2,1-2H3. The molecule has 106 valence electrons. The summed E-state index contributed by atoms with van der Waals surface area (Å²) in [7, 11) is 0. The minimum Gasteiger partial charge on any atom is -0.350 e. The number of nitrogens with zero attached hydrogens (tertiary/aromatic N) is 2. The van der Waals surface area contributed by atoms with Crippen LogP contribution in [0.5, 0.6) is 0 Å². The molecular weight excluding hydrogens is 309 g/mol. The number of pyridine rings is 1. The molecule has 1 unspecified atom stereocenters. The van der Waals surface area contributed by atoms with Gasteiger partial charge in [-0.05, 0) is 47.3 Å². The molecule has 0 spiro atoms. The van der Waals surface area contributed by atoms with E-state index in [1.54, 1.807) is 6.20 Å². The monoisotopic (exact) mass is 329 g/mol. The van der Waals surface area contributed by atoms with Gasteiger partial charge in [-0.15, -0.1) is 0 Å². The van der Waals surface area contributed by atoms with E-state index in [0.717, 1.165) is 32.5 Å². The van der Waals surface area contributed by atoms with Crippen molar-refractivity contribution in [1.82, 2.24) is 10.3 Å². The Morgan fingerprint density at radius 2 is 2.37 bits per heavy atom. The van der Waals surface area contributed by atoms with Crippen molar-refractivity contribution in [2.45, 2.75) is 32.7 Å². The normalized spacial score (nSPS) is 19.4. The third-order valence-electron chi connectivity index (χ3n) is 3.37. The van der Waals surface area contributed by atoms with Crippen LogP contribution in [0.15, 0.2) is 16.7 Å². The molecule has 3 nitrogen and oxygen atoms in total. The fraction of sp³-hybridized carbons (Fsp3) is 0.643. The van der Waals surface area contributed by atoms with Gasteiger partial charge in [-0.25, -0.2) is 9.37 Å². The molecule has 0 aromatic carbocycles. The topological polar surface area (TPSA) is 28.2 Å². The molecule has 0 amide bonds. The summed E-state index contributed by atoms with van der Waals surface area (Å²) < 4.78 is 14.7. The third-order valence-corrected chi connectivity index (χ3v) is 3.80. The van der Waals surface area contributed by atoms with Crippen LogP contribution in [0.2, 0.25) is 0 Å². The van der Waals surface area contributed by atoms with E-state index in [4.69, 9.17) is 0 Å². The molecule has 1 N–H and O–H groups in total. The summed E-state index contributed by atoms with van der Waals surface area (Å²) >= 11 is 3.24. The van der Waals surface area contributed by atoms with Crippen molar-refractivity contribution in [3.63, 3.8) is 0 Å². The molecule has 5 heteroatoms. The molecule has 19 heavy (non-hydrogen) atoms. The second-order valence-corrected chi connectivity index (χ2v) is 6.42. The lowest BCUT2D eigenvalue weighted by Crippen LogP contribution is -2.39. The summed E-state index contributed by atoms with van der Waals surface area (Å²) in [5, 5.41) is 3.46. The number of hydrogen-bond donors (Lipinski definition) is 1. The van der Waals surface area contributed by atoms with Crippen LogP contribution in [0.3, 0.4) is 0 Å². The largest absolute Gasteiger partial charge is 0.350 e. The minimum absolute atomic E-state index is 0.245. The molecule has 1 aromatic heterocycles. The zero-order chi connectivity index (χ0) is 13.8. The molecule has 0 radical (unpaired) electrons. The summed E-state index contributed by atoms with van der Waals surface area (Å²) in [6.07, 6.45) is 3.86. The molecule has 1 aromatic rings. The summed E-state index contributed by atoms with van der Waals surface area (Å²) in [4.78, 5) is 6.32. The fourth-order valence-corrected chi connectivity index (χ4v) is 2.79. The van der Waals surface area contributed by atoms with Crippen molar-refractivity contribution in [3.05, 3.63) is 22.6 Å². The first kappa shape index (κ1) is 14.7. The van der Waals surface area contributed by atoms with Crippen molar-refractivity contribution < 1.29 is 4.39 Å². The molecule has 2 heterocycles. The van der Waals surface area contributed by atoms with Crippen molar-refractivity contribution in [3.8, 4) is 0 Å². The first-order valence-corrected chi connectivity index (χ1v) is 7.65. The lowest BCUT2D eigenvalue weighted by atomic mass is 10.2. The van der Waals surface area contributed by atoms with Crippen LogP contribution in [0.25, 0.3) is 0 Å². The van der Waals surface area contributed by atoms with Gasteiger partial charge in [-0.3, -0.25) is 0 Å². The van der Waals surface area contributed by atoms with Gasteiger partial charge in [0.2, 0.25) is 0 Å². The molecule has 0 aliphatic carbocycles. The van der Waals surface area contributed by atoms with E-state index < -0.39 is 0 Å². The van der Waals surface area contributed by atoms with Gasteiger partial charge in [0.25, 0.3) is 0 Å². The van der Waals surface area contributed by atoms with Gasteiger partial charge in [-0.2, -0.15) is 0 Å². The van der Waals surface area contributed by atoms with Gasteiger partial charge >= 0.3 is 0 Å². The van der Waals surface area contributed by atoms with E-state index in [2.05, 4.69) is 45.0 Å². The highest BCUT2D eigenvalue weighted by Gasteiger charge is 2.27. The van der Waals surface area contributed by atoms with Crippen LogP contribution in [0.4, 0.5) is 10.2 Å². The Morgan fingerprint density at radius 3 is 3.05 bits per heavy atom. The van der Waals surface area contributed by atoms with E-state index in [1.165, 1.54) is 6.07 Å². The maximum absolute atomic E-state index is 14.0. The fourth-order valence-electron chi connectivity index (χ4n) is 2.48. The Balaban J connectivity index is 2.01. The second kappa shape index (κ2) is 6.66. The molecule has 1 atom stereocenters. The quantitative estimate of drug-likeness (QED) is 0.899. The Bertz CT molecular complexity index is 425. The van der Waals surface area contributed by atoms with Crippen LogP contribution < -0.4 is 10.2 Å². The average molecular weight is 330 g/mol. The molecule has 2 rings (SSSR count). The third kappa shape index (κ3) is 3.89. The molecule has 0 saturated carbocycles. The zero-order valence-electron chi connectivity index (χ0n) is 11.5. The van der Waals surface area contributed by atoms with Crippen LogP contribution in [-0.2, 0) is 0 Å². The molecule has 1 fully saturated rings. The number of hydrogen-bond acceptors (Lipinski definition) is 3. The van der Waals surface area contributed by atoms with E-state index in [9.17, 15) is 4.39 Å². The summed E-state index contributed by atoms with van der Waals surface area (Å²) in [5.74, 6) is 0.875. The number of rotatable bonds is 5.